The van der Waals surface area contributed by atoms with Gasteiger partial charge in [-0.05, 0) is 127 Å². The minimum Gasteiger partial charge on any atom is -0.441 e. The molecule has 0 saturated carbocycles. The van der Waals surface area contributed by atoms with Crippen LogP contribution in [0.5, 0.6) is 11.5 Å². The number of alkyl halides is 3. The number of amides is 1. The maximum atomic E-state index is 13.1. The third-order valence-electron chi connectivity index (χ3n) is 9.52. The molecular formula is C44H53BrF3NO11P+. The summed E-state index contributed by atoms with van der Waals surface area (Å²) in [5.74, 6) is -2.24. The molecule has 1 aliphatic carbocycles. The van der Waals surface area contributed by atoms with Gasteiger partial charge in [0, 0.05) is 46.0 Å². The van der Waals surface area contributed by atoms with E-state index in [1.165, 1.54) is 0 Å². The molecule has 3 aromatic carbocycles. The number of halogens is 4. The number of carbonyl (C=O) groups is 4. The highest BCUT2D eigenvalue weighted by Gasteiger charge is 2.52. The molecule has 0 bridgehead atoms. The topological polar surface area (TPSA) is 153 Å². The lowest BCUT2D eigenvalue weighted by Gasteiger charge is -2.37. The van der Waals surface area contributed by atoms with Crippen LogP contribution in [0.1, 0.15) is 118 Å². The Balaban J connectivity index is 0.000000308. The zero-order valence-corrected chi connectivity index (χ0v) is 37.9. The van der Waals surface area contributed by atoms with Gasteiger partial charge in [-0.2, -0.15) is 13.2 Å². The van der Waals surface area contributed by atoms with E-state index in [0.29, 0.717) is 42.9 Å². The van der Waals surface area contributed by atoms with E-state index in [1.54, 1.807) is 72.2 Å². The Labute approximate surface area is 363 Å². The summed E-state index contributed by atoms with van der Waals surface area (Å²) >= 11 is 3.55. The zero-order valence-electron chi connectivity index (χ0n) is 35.4. The lowest BCUT2D eigenvalue weighted by atomic mass is 9.71. The quantitative estimate of drug-likeness (QED) is 0.0632. The van der Waals surface area contributed by atoms with Crippen molar-refractivity contribution in [3.8, 4) is 11.5 Å². The van der Waals surface area contributed by atoms with Crippen LogP contribution in [0.4, 0.5) is 13.2 Å². The number of nitrogens with one attached hydrogen (secondary N) is 1. The molecule has 61 heavy (non-hydrogen) atoms. The van der Waals surface area contributed by atoms with Gasteiger partial charge in [-0.1, -0.05) is 40.9 Å². The van der Waals surface area contributed by atoms with Crippen LogP contribution in [0.25, 0.3) is 0 Å². The Kier molecular flexibility index (Phi) is 17.2. The van der Waals surface area contributed by atoms with Gasteiger partial charge in [0.1, 0.15) is 24.7 Å². The van der Waals surface area contributed by atoms with E-state index in [2.05, 4.69) is 15.9 Å². The largest absolute Gasteiger partial charge is 0.697 e. The monoisotopic (exact) mass is 938 g/mol. The number of esters is 3. The first-order valence-electron chi connectivity index (χ1n) is 19.9. The molecule has 0 aromatic heterocycles. The van der Waals surface area contributed by atoms with Crippen LogP contribution in [0, 0.1) is 10.8 Å². The fourth-order valence-electron chi connectivity index (χ4n) is 6.30. The molecule has 5 rings (SSSR count). The summed E-state index contributed by atoms with van der Waals surface area (Å²) in [6.45, 7) is 11.8. The SMILES string of the molecule is CC(C)(C)C(=O)Oc1ccc2c(c1)Cc1cc(OC(=O)C(C)(C)C)ccc1C21OC(=O)c2ccc(Br)cc21.COCCCCCCO[P+](=O)OCCCCNC(=O)C(F)(F)F. The van der Waals surface area contributed by atoms with E-state index < -0.39 is 42.7 Å². The molecule has 17 heteroatoms. The van der Waals surface area contributed by atoms with Gasteiger partial charge in [0.2, 0.25) is 0 Å². The molecule has 3 aromatic rings. The van der Waals surface area contributed by atoms with Crippen LogP contribution in [-0.4, -0.2) is 63.5 Å². The van der Waals surface area contributed by atoms with Crippen LogP contribution in [0.2, 0.25) is 0 Å². The Morgan fingerprint density at radius 1 is 0.738 bits per heavy atom. The van der Waals surface area contributed by atoms with Crippen molar-refractivity contribution >= 4 is 48.0 Å². The molecule has 0 fully saturated rings. The summed E-state index contributed by atoms with van der Waals surface area (Å²) in [5, 5.41) is 1.74. The second kappa shape index (κ2) is 21.2. The normalized spacial score (nSPS) is 14.1. The highest BCUT2D eigenvalue weighted by Crippen LogP contribution is 2.53. The zero-order chi connectivity index (χ0) is 45.2. The molecule has 12 nitrogen and oxygen atoms in total. The number of hydrogen-bond donors (Lipinski definition) is 1. The first-order chi connectivity index (χ1) is 28.6. The molecule has 1 spiro atoms. The van der Waals surface area contributed by atoms with Gasteiger partial charge in [0.05, 0.1) is 16.4 Å². The van der Waals surface area contributed by atoms with Crippen LogP contribution >= 0.6 is 24.2 Å². The minimum atomic E-state index is -4.86. The van der Waals surface area contributed by atoms with Crippen molar-refractivity contribution in [3.05, 3.63) is 92.5 Å². The third-order valence-corrected chi connectivity index (χ3v) is 10.8. The lowest BCUT2D eigenvalue weighted by Crippen LogP contribution is -2.37. The fourth-order valence-corrected chi connectivity index (χ4v) is 7.29. The molecule has 1 unspecified atom stereocenters. The first-order valence-corrected chi connectivity index (χ1v) is 21.8. The van der Waals surface area contributed by atoms with Crippen molar-refractivity contribution in [3.63, 3.8) is 0 Å². The number of fused-ring (bicyclic) bond motifs is 6. The van der Waals surface area contributed by atoms with Crippen LogP contribution < -0.4 is 14.8 Å². The van der Waals surface area contributed by atoms with Gasteiger partial charge in [-0.25, -0.2) is 4.79 Å². The average molecular weight is 940 g/mol. The fraction of sp³-hybridized carbons (Fsp3) is 0.500. The molecule has 1 atom stereocenters. The van der Waals surface area contributed by atoms with E-state index in [-0.39, 0.29) is 25.1 Å². The molecule has 1 N–H and O–H groups in total. The van der Waals surface area contributed by atoms with Crippen molar-refractivity contribution in [2.75, 3.05) is 33.5 Å². The molecule has 1 aliphatic heterocycles. The lowest BCUT2D eigenvalue weighted by molar-refractivity contribution is -0.173. The van der Waals surface area contributed by atoms with E-state index in [1.807, 2.05) is 36.4 Å². The minimum absolute atomic E-state index is 0.102. The maximum absolute atomic E-state index is 13.1. The molecule has 1 heterocycles. The Hall–Kier alpha value is -4.21. The van der Waals surface area contributed by atoms with Crippen molar-refractivity contribution in [1.82, 2.24) is 5.32 Å². The summed E-state index contributed by atoms with van der Waals surface area (Å²) in [5.41, 5.74) is 1.96. The first kappa shape index (κ1) is 49.4. The van der Waals surface area contributed by atoms with E-state index in [9.17, 15) is 36.9 Å². The number of ether oxygens (including phenoxy) is 4. The van der Waals surface area contributed by atoms with E-state index in [0.717, 1.165) is 64.6 Å². The smallest absolute Gasteiger partial charge is 0.441 e. The molecule has 2 aliphatic rings. The Morgan fingerprint density at radius 2 is 1.25 bits per heavy atom. The summed E-state index contributed by atoms with van der Waals surface area (Å²) < 4.78 is 80.1. The van der Waals surface area contributed by atoms with Gasteiger partial charge >= 0.3 is 38.2 Å². The number of rotatable bonds is 16. The molecular weight excluding hydrogens is 886 g/mol. The number of benzene rings is 3. The molecule has 1 amide bonds. The Morgan fingerprint density at radius 3 is 1.74 bits per heavy atom. The second-order valence-electron chi connectivity index (χ2n) is 16.6. The van der Waals surface area contributed by atoms with Crippen LogP contribution in [0.3, 0.4) is 0 Å². The molecule has 0 radical (unpaired) electrons. The Bertz CT molecular complexity index is 2000. The molecule has 332 valence electrons. The predicted octanol–water partition coefficient (Wildman–Crippen LogP) is 10.1. The van der Waals surface area contributed by atoms with Crippen molar-refractivity contribution < 1.29 is 64.9 Å². The van der Waals surface area contributed by atoms with Crippen LogP contribution in [0.15, 0.2) is 59.1 Å². The van der Waals surface area contributed by atoms with Gasteiger partial charge in [-0.3, -0.25) is 14.4 Å². The molecule has 0 saturated heterocycles. The summed E-state index contributed by atoms with van der Waals surface area (Å²) in [6.07, 6.45) is -0.0119. The third kappa shape index (κ3) is 13.4. The van der Waals surface area contributed by atoms with E-state index >= 15 is 0 Å². The summed E-state index contributed by atoms with van der Waals surface area (Å²) in [4.78, 5) is 48.8. The van der Waals surface area contributed by atoms with Gasteiger partial charge in [-0.15, -0.1) is 9.05 Å². The maximum Gasteiger partial charge on any atom is 0.697 e. The van der Waals surface area contributed by atoms with E-state index in [4.69, 9.17) is 28.0 Å². The number of hydrogen-bond acceptors (Lipinski definition) is 11. The standard InChI is InChI=1S/C31H29BrO6.C13H23F3NO5P/c1-29(2,3)27(34)36-20-8-11-23-17(14-20)13-18-15-21(37-28(35)30(4,5)6)9-12-24(18)31(23)25-16-19(32)7-10-22(25)26(33)38-31;1-20-9-5-2-3-6-10-21-23(19)22-11-7-4-8-17-12(18)13(14,15)16/h7-12,14-16H,13H2,1-6H3;2-11H2,1H3/p+1. The van der Waals surface area contributed by atoms with Crippen LogP contribution in [-0.2, 0) is 49.5 Å². The van der Waals surface area contributed by atoms with Crippen molar-refractivity contribution in [2.45, 2.75) is 98.3 Å². The van der Waals surface area contributed by atoms with Gasteiger partial charge < -0.3 is 24.3 Å². The highest BCUT2D eigenvalue weighted by atomic mass is 79.9. The second-order valence-corrected chi connectivity index (χ2v) is 18.5. The van der Waals surface area contributed by atoms with Crippen molar-refractivity contribution in [1.29, 1.82) is 0 Å². The average Bonchev–Trinajstić information content (AvgIpc) is 3.45. The number of carbonyl (C=O) groups excluding carboxylic acids is 4. The van der Waals surface area contributed by atoms with Gasteiger partial charge in [0.25, 0.3) is 0 Å². The van der Waals surface area contributed by atoms with Crippen molar-refractivity contribution in [2.24, 2.45) is 10.8 Å². The number of methoxy groups -OCH3 is 1. The summed E-state index contributed by atoms with van der Waals surface area (Å²) in [7, 11) is -0.554. The number of unbranched alkanes of at least 4 members (excludes halogenated alkanes) is 4. The summed E-state index contributed by atoms with van der Waals surface area (Å²) in [6, 6.07) is 16.3. The predicted molar refractivity (Wildman–Crippen MR) is 223 cm³/mol. The van der Waals surface area contributed by atoms with Gasteiger partial charge in [0.15, 0.2) is 5.60 Å². The highest BCUT2D eigenvalue weighted by molar-refractivity contribution is 9.10.